The largest absolute Gasteiger partial charge is 0.480 e. The Bertz CT molecular complexity index is 367. The van der Waals surface area contributed by atoms with E-state index in [1.165, 1.54) is 6.42 Å². The number of carbonyl (C=O) groups excluding carboxylic acids is 2. The summed E-state index contributed by atoms with van der Waals surface area (Å²) in [5.41, 5.74) is 4.99. The highest BCUT2D eigenvalue weighted by atomic mass is 16.4. The molecule has 3 amide bonds. The van der Waals surface area contributed by atoms with E-state index in [4.69, 9.17) is 10.8 Å². The molecule has 0 bridgehead atoms. The smallest absolute Gasteiger partial charge is 0.326 e. The van der Waals surface area contributed by atoms with Crippen molar-refractivity contribution >= 4 is 17.9 Å². The summed E-state index contributed by atoms with van der Waals surface area (Å²) in [5.74, 6) is -2.00. The van der Waals surface area contributed by atoms with Gasteiger partial charge in [-0.1, -0.05) is 19.3 Å². The van der Waals surface area contributed by atoms with Crippen molar-refractivity contribution in [1.82, 2.24) is 10.2 Å². The van der Waals surface area contributed by atoms with Crippen LogP contribution in [0, 0.1) is 0 Å². The Balaban J connectivity index is 2.64. The van der Waals surface area contributed by atoms with E-state index in [9.17, 15) is 14.4 Å². The van der Waals surface area contributed by atoms with Gasteiger partial charge < -0.3 is 21.1 Å². The molecule has 0 aromatic carbocycles. The molecule has 0 spiro atoms. The zero-order valence-electron chi connectivity index (χ0n) is 11.8. The normalized spacial score (nSPS) is 17.2. The minimum absolute atomic E-state index is 0.150. The van der Waals surface area contributed by atoms with Crippen molar-refractivity contribution in [3.63, 3.8) is 0 Å². The first-order chi connectivity index (χ1) is 9.45. The maximum atomic E-state index is 12.2. The third-order valence-corrected chi connectivity index (χ3v) is 3.62. The first kappa shape index (κ1) is 16.3. The maximum Gasteiger partial charge on any atom is 0.326 e. The lowest BCUT2D eigenvalue weighted by molar-refractivity contribution is -0.141. The first-order valence-electron chi connectivity index (χ1n) is 7.04. The molecule has 0 radical (unpaired) electrons. The van der Waals surface area contributed by atoms with Crippen molar-refractivity contribution in [2.45, 2.75) is 57.5 Å². The number of primary amides is 1. The maximum absolute atomic E-state index is 12.2. The molecule has 0 aromatic heterocycles. The molecule has 1 aliphatic carbocycles. The first-order valence-corrected chi connectivity index (χ1v) is 7.04. The molecule has 0 aliphatic heterocycles. The Hall–Kier alpha value is -1.79. The number of carbonyl (C=O) groups is 3. The van der Waals surface area contributed by atoms with Gasteiger partial charge in [-0.25, -0.2) is 9.59 Å². The number of rotatable bonds is 6. The Labute approximate surface area is 118 Å². The Morgan fingerprint density at radius 2 is 1.90 bits per heavy atom. The number of nitrogens with zero attached hydrogens (tertiary/aromatic N) is 1. The zero-order chi connectivity index (χ0) is 15.1. The molecule has 1 rings (SSSR count). The summed E-state index contributed by atoms with van der Waals surface area (Å²) in [6.07, 6.45) is 4.82. The fourth-order valence-electron chi connectivity index (χ4n) is 2.59. The van der Waals surface area contributed by atoms with Crippen LogP contribution >= 0.6 is 0 Å². The third-order valence-electron chi connectivity index (χ3n) is 3.62. The van der Waals surface area contributed by atoms with E-state index in [2.05, 4.69) is 5.32 Å². The lowest BCUT2D eigenvalue weighted by atomic mass is 9.94. The van der Waals surface area contributed by atoms with Crippen LogP contribution in [0.4, 0.5) is 4.79 Å². The number of hydrogen-bond acceptors (Lipinski definition) is 3. The van der Waals surface area contributed by atoms with Crippen LogP contribution < -0.4 is 11.1 Å². The molecule has 0 unspecified atom stereocenters. The summed E-state index contributed by atoms with van der Waals surface area (Å²) < 4.78 is 0. The van der Waals surface area contributed by atoms with Crippen LogP contribution in [-0.4, -0.2) is 46.5 Å². The molecule has 0 heterocycles. The molecular weight excluding hydrogens is 262 g/mol. The number of urea groups is 1. The van der Waals surface area contributed by atoms with E-state index >= 15 is 0 Å². The number of nitrogens with one attached hydrogen (secondary N) is 1. The van der Waals surface area contributed by atoms with Crippen molar-refractivity contribution in [3.05, 3.63) is 0 Å². The molecule has 4 N–H and O–H groups in total. The highest BCUT2D eigenvalue weighted by molar-refractivity contribution is 5.87. The van der Waals surface area contributed by atoms with Crippen LogP contribution in [0.1, 0.15) is 45.4 Å². The second kappa shape index (κ2) is 7.72. The summed E-state index contributed by atoms with van der Waals surface area (Å²) in [5, 5.41) is 11.4. The number of aliphatic carboxylic acids is 1. The van der Waals surface area contributed by atoms with Gasteiger partial charge in [-0.05, 0) is 19.8 Å². The predicted octanol–water partition coefficient (Wildman–Crippen LogP) is 0.679. The zero-order valence-corrected chi connectivity index (χ0v) is 11.8. The number of hydrogen-bond donors (Lipinski definition) is 3. The van der Waals surface area contributed by atoms with Crippen LogP contribution in [0.5, 0.6) is 0 Å². The quantitative estimate of drug-likeness (QED) is 0.666. The minimum Gasteiger partial charge on any atom is -0.480 e. The lowest BCUT2D eigenvalue weighted by Crippen LogP contribution is -2.52. The summed E-state index contributed by atoms with van der Waals surface area (Å²) in [7, 11) is 0. The van der Waals surface area contributed by atoms with Gasteiger partial charge in [0.2, 0.25) is 5.91 Å². The van der Waals surface area contributed by atoms with E-state index in [-0.39, 0.29) is 6.04 Å². The van der Waals surface area contributed by atoms with Crippen LogP contribution in [0.25, 0.3) is 0 Å². The third kappa shape index (κ3) is 4.71. The topological polar surface area (TPSA) is 113 Å². The standard InChI is InChI=1S/C13H23N3O4/c1-2-16(9-6-4-3-5-7-9)13(20)15-10(12(18)19)8-11(14)17/h9-10H,2-8H2,1H3,(H2,14,17)(H,15,20)(H,18,19)/t10-/m0/s1. The molecule has 1 aliphatic rings. The molecule has 20 heavy (non-hydrogen) atoms. The van der Waals surface area contributed by atoms with Gasteiger partial charge in [0.25, 0.3) is 0 Å². The number of carboxylic acid groups (broad SMARTS) is 1. The Kier molecular flexibility index (Phi) is 6.27. The van der Waals surface area contributed by atoms with Crippen LogP contribution in [0.3, 0.4) is 0 Å². The van der Waals surface area contributed by atoms with Gasteiger partial charge in [0.05, 0.1) is 6.42 Å². The van der Waals surface area contributed by atoms with Gasteiger partial charge in [-0.2, -0.15) is 0 Å². The van der Waals surface area contributed by atoms with Crippen LogP contribution in [-0.2, 0) is 9.59 Å². The van der Waals surface area contributed by atoms with Gasteiger partial charge in [-0.15, -0.1) is 0 Å². The molecule has 0 aromatic rings. The molecule has 7 nitrogen and oxygen atoms in total. The Morgan fingerprint density at radius 1 is 1.30 bits per heavy atom. The summed E-state index contributed by atoms with van der Waals surface area (Å²) in [4.78, 5) is 35.7. The average Bonchev–Trinajstić information content (AvgIpc) is 2.39. The van der Waals surface area contributed by atoms with E-state index in [0.717, 1.165) is 25.7 Å². The van der Waals surface area contributed by atoms with Gasteiger partial charge >= 0.3 is 12.0 Å². The molecule has 1 atom stereocenters. The monoisotopic (exact) mass is 285 g/mol. The number of nitrogens with two attached hydrogens (primary N) is 1. The highest BCUT2D eigenvalue weighted by Gasteiger charge is 2.28. The van der Waals surface area contributed by atoms with Crippen molar-refractivity contribution < 1.29 is 19.5 Å². The number of amides is 3. The van der Waals surface area contributed by atoms with Crippen molar-refractivity contribution in [3.8, 4) is 0 Å². The van der Waals surface area contributed by atoms with Gasteiger partial charge in [0, 0.05) is 12.6 Å². The molecule has 0 saturated heterocycles. The van der Waals surface area contributed by atoms with Crippen molar-refractivity contribution in [2.75, 3.05) is 6.54 Å². The second-order valence-electron chi connectivity index (χ2n) is 5.09. The SMILES string of the molecule is CCN(C(=O)N[C@@H](CC(N)=O)C(=O)O)C1CCCCC1. The van der Waals surface area contributed by atoms with Gasteiger partial charge in [0.15, 0.2) is 0 Å². The van der Waals surface area contributed by atoms with E-state index < -0.39 is 30.4 Å². The molecule has 1 saturated carbocycles. The van der Waals surface area contributed by atoms with Crippen LogP contribution in [0.15, 0.2) is 0 Å². The second-order valence-corrected chi connectivity index (χ2v) is 5.09. The van der Waals surface area contributed by atoms with Crippen molar-refractivity contribution in [1.29, 1.82) is 0 Å². The molecule has 1 fully saturated rings. The van der Waals surface area contributed by atoms with Crippen molar-refractivity contribution in [2.24, 2.45) is 5.73 Å². The Morgan fingerprint density at radius 3 is 2.35 bits per heavy atom. The van der Waals surface area contributed by atoms with E-state index in [0.29, 0.717) is 6.54 Å². The summed E-state index contributed by atoms with van der Waals surface area (Å²) in [6.45, 7) is 2.37. The molecule has 114 valence electrons. The lowest BCUT2D eigenvalue weighted by Gasteiger charge is -2.34. The van der Waals surface area contributed by atoms with E-state index in [1.807, 2.05) is 6.92 Å². The molecular formula is C13H23N3O4. The van der Waals surface area contributed by atoms with Gasteiger partial charge in [0.1, 0.15) is 6.04 Å². The number of carboxylic acids is 1. The average molecular weight is 285 g/mol. The summed E-state index contributed by atoms with van der Waals surface area (Å²) >= 11 is 0. The fourth-order valence-corrected chi connectivity index (χ4v) is 2.59. The van der Waals surface area contributed by atoms with E-state index in [1.54, 1.807) is 4.90 Å². The molecule has 7 heteroatoms. The van der Waals surface area contributed by atoms with Crippen LogP contribution in [0.2, 0.25) is 0 Å². The van der Waals surface area contributed by atoms with Gasteiger partial charge in [-0.3, -0.25) is 4.79 Å². The summed E-state index contributed by atoms with van der Waals surface area (Å²) in [6, 6.07) is -1.55. The predicted molar refractivity (Wildman–Crippen MR) is 73.0 cm³/mol. The fraction of sp³-hybridized carbons (Fsp3) is 0.769. The highest BCUT2D eigenvalue weighted by Crippen LogP contribution is 2.22. The minimum atomic E-state index is -1.27.